The summed E-state index contributed by atoms with van der Waals surface area (Å²) in [7, 11) is 0. The first-order chi connectivity index (χ1) is 13.2. The van der Waals surface area contributed by atoms with Crippen molar-refractivity contribution in [3.63, 3.8) is 0 Å². The Morgan fingerprint density at radius 1 is 1.22 bits per heavy atom. The highest BCUT2D eigenvalue weighted by Crippen LogP contribution is 2.19. The third-order valence-corrected chi connectivity index (χ3v) is 5.70. The number of aromatic amines is 1. The Bertz CT molecular complexity index is 893. The minimum atomic E-state index is 0.748. The Labute approximate surface area is 165 Å². The smallest absolute Gasteiger partial charge is 0.191 e. The second kappa shape index (κ2) is 9.55. The van der Waals surface area contributed by atoms with Crippen LogP contribution in [0.3, 0.4) is 0 Å². The molecule has 0 amide bonds. The predicted molar refractivity (Wildman–Crippen MR) is 116 cm³/mol. The van der Waals surface area contributed by atoms with Gasteiger partial charge in [-0.05, 0) is 43.9 Å². The molecule has 0 atom stereocenters. The quantitative estimate of drug-likeness (QED) is 0.409. The first kappa shape index (κ1) is 19.4. The van der Waals surface area contributed by atoms with Crippen LogP contribution in [0, 0.1) is 6.92 Å². The lowest BCUT2D eigenvalue weighted by Gasteiger charge is -2.11. The standard InChI is InChI=1S/C21H29N5S/c1-4-17-14-26-20(27-17)9-11-24-21(22-5-2)23-10-8-16-13-25-19-12-15(3)6-7-18(16)19/h6-7,12-14,25H,4-5,8-11H2,1-3H3,(H2,22,23,24). The maximum atomic E-state index is 4.69. The summed E-state index contributed by atoms with van der Waals surface area (Å²) in [6.45, 7) is 8.83. The Kier molecular flexibility index (Phi) is 6.87. The van der Waals surface area contributed by atoms with Crippen LogP contribution in [0.25, 0.3) is 10.9 Å². The SMILES string of the molecule is CCNC(=NCCc1ncc(CC)s1)NCCc1c[nH]c2cc(C)ccc12. The average molecular weight is 384 g/mol. The van der Waals surface area contributed by atoms with E-state index < -0.39 is 0 Å². The lowest BCUT2D eigenvalue weighted by molar-refractivity contribution is 0.798. The number of H-pyrrole nitrogens is 1. The molecule has 6 heteroatoms. The molecule has 144 valence electrons. The average Bonchev–Trinajstić information content (AvgIpc) is 3.28. The number of thiazole rings is 1. The van der Waals surface area contributed by atoms with Gasteiger partial charge in [0.15, 0.2) is 5.96 Å². The number of aliphatic imine (C=N–C) groups is 1. The summed E-state index contributed by atoms with van der Waals surface area (Å²) in [5, 5.41) is 9.24. The fourth-order valence-electron chi connectivity index (χ4n) is 3.05. The normalized spacial score (nSPS) is 11.9. The Morgan fingerprint density at radius 3 is 2.89 bits per heavy atom. The Hall–Kier alpha value is -2.34. The van der Waals surface area contributed by atoms with Crippen LogP contribution in [0.1, 0.15) is 34.9 Å². The highest BCUT2D eigenvalue weighted by molar-refractivity contribution is 7.11. The van der Waals surface area contributed by atoms with Crippen LogP contribution in [0.15, 0.2) is 35.6 Å². The lowest BCUT2D eigenvalue weighted by atomic mass is 10.1. The molecule has 1 aromatic carbocycles. The summed E-state index contributed by atoms with van der Waals surface area (Å²) in [4.78, 5) is 13.9. The maximum absolute atomic E-state index is 4.69. The summed E-state index contributed by atoms with van der Waals surface area (Å²) >= 11 is 1.79. The first-order valence-corrected chi connectivity index (χ1v) is 10.5. The van der Waals surface area contributed by atoms with Crippen molar-refractivity contribution in [2.75, 3.05) is 19.6 Å². The van der Waals surface area contributed by atoms with Crippen molar-refractivity contribution in [3.05, 3.63) is 51.6 Å². The van der Waals surface area contributed by atoms with Crippen molar-refractivity contribution in [2.24, 2.45) is 4.99 Å². The maximum Gasteiger partial charge on any atom is 0.191 e. The van der Waals surface area contributed by atoms with Gasteiger partial charge in [-0.2, -0.15) is 0 Å². The van der Waals surface area contributed by atoms with Crippen LogP contribution in [-0.4, -0.2) is 35.6 Å². The number of hydrogen-bond donors (Lipinski definition) is 3. The van der Waals surface area contributed by atoms with Gasteiger partial charge in [0.2, 0.25) is 0 Å². The highest BCUT2D eigenvalue weighted by atomic mass is 32.1. The zero-order valence-corrected chi connectivity index (χ0v) is 17.2. The van der Waals surface area contributed by atoms with Gasteiger partial charge in [-0.25, -0.2) is 4.98 Å². The number of rotatable bonds is 8. The molecule has 0 spiro atoms. The van der Waals surface area contributed by atoms with Gasteiger partial charge in [-0.15, -0.1) is 11.3 Å². The van der Waals surface area contributed by atoms with E-state index in [0.717, 1.165) is 44.9 Å². The van der Waals surface area contributed by atoms with Crippen LogP contribution in [0.4, 0.5) is 0 Å². The van der Waals surface area contributed by atoms with Crippen molar-refractivity contribution in [1.82, 2.24) is 20.6 Å². The van der Waals surface area contributed by atoms with Gasteiger partial charge in [0, 0.05) is 54.2 Å². The molecule has 0 unspecified atom stereocenters. The van der Waals surface area contributed by atoms with Crippen LogP contribution in [0.2, 0.25) is 0 Å². The molecule has 27 heavy (non-hydrogen) atoms. The number of nitrogens with zero attached hydrogens (tertiary/aromatic N) is 2. The molecule has 2 aromatic heterocycles. The molecule has 3 aromatic rings. The lowest BCUT2D eigenvalue weighted by Crippen LogP contribution is -2.38. The summed E-state index contributed by atoms with van der Waals surface area (Å²) in [5.41, 5.74) is 3.82. The van der Waals surface area contributed by atoms with Crippen molar-refractivity contribution < 1.29 is 0 Å². The number of fused-ring (bicyclic) bond motifs is 1. The van der Waals surface area contributed by atoms with Crippen molar-refractivity contribution in [1.29, 1.82) is 0 Å². The second-order valence-corrected chi connectivity index (χ2v) is 7.82. The van der Waals surface area contributed by atoms with Gasteiger partial charge in [0.25, 0.3) is 0 Å². The van der Waals surface area contributed by atoms with E-state index in [9.17, 15) is 0 Å². The van der Waals surface area contributed by atoms with Gasteiger partial charge in [-0.3, -0.25) is 4.99 Å². The summed E-state index contributed by atoms with van der Waals surface area (Å²) in [5.74, 6) is 0.875. The van der Waals surface area contributed by atoms with Gasteiger partial charge >= 0.3 is 0 Å². The van der Waals surface area contributed by atoms with Gasteiger partial charge < -0.3 is 15.6 Å². The predicted octanol–water partition coefficient (Wildman–Crippen LogP) is 3.84. The van der Waals surface area contributed by atoms with Crippen molar-refractivity contribution in [3.8, 4) is 0 Å². The van der Waals surface area contributed by atoms with Crippen LogP contribution in [0.5, 0.6) is 0 Å². The molecule has 0 aliphatic rings. The Morgan fingerprint density at radius 2 is 2.11 bits per heavy atom. The van der Waals surface area contributed by atoms with E-state index in [2.05, 4.69) is 70.8 Å². The van der Waals surface area contributed by atoms with Gasteiger partial charge in [0.05, 0.1) is 5.01 Å². The molecule has 0 bridgehead atoms. The number of nitrogens with one attached hydrogen (secondary N) is 3. The monoisotopic (exact) mass is 383 g/mol. The second-order valence-electron chi connectivity index (χ2n) is 6.62. The van der Waals surface area contributed by atoms with E-state index in [1.165, 1.54) is 31.9 Å². The number of hydrogen-bond acceptors (Lipinski definition) is 3. The number of benzene rings is 1. The molecule has 3 rings (SSSR count). The van der Waals surface area contributed by atoms with Crippen LogP contribution >= 0.6 is 11.3 Å². The first-order valence-electron chi connectivity index (χ1n) is 9.72. The molecule has 2 heterocycles. The van der Waals surface area contributed by atoms with Gasteiger partial charge in [-0.1, -0.05) is 19.1 Å². The summed E-state index contributed by atoms with van der Waals surface area (Å²) in [6, 6.07) is 6.57. The van der Waals surface area contributed by atoms with Crippen molar-refractivity contribution >= 4 is 28.2 Å². The topological polar surface area (TPSA) is 65.1 Å². The summed E-state index contributed by atoms with van der Waals surface area (Å²) < 4.78 is 0. The molecule has 0 radical (unpaired) electrons. The molecule has 0 aliphatic carbocycles. The fraction of sp³-hybridized carbons (Fsp3) is 0.429. The Balaban J connectivity index is 1.52. The molecular formula is C21H29N5S. The highest BCUT2D eigenvalue weighted by Gasteiger charge is 2.05. The third-order valence-electron chi connectivity index (χ3n) is 4.50. The zero-order chi connectivity index (χ0) is 19.1. The minimum Gasteiger partial charge on any atom is -0.361 e. The fourth-order valence-corrected chi connectivity index (χ4v) is 3.91. The van der Waals surface area contributed by atoms with Gasteiger partial charge in [0.1, 0.15) is 0 Å². The molecule has 5 nitrogen and oxygen atoms in total. The number of guanidine groups is 1. The molecule has 0 saturated heterocycles. The van der Waals surface area contributed by atoms with E-state index in [1.807, 2.05) is 6.20 Å². The minimum absolute atomic E-state index is 0.748. The molecule has 0 aliphatic heterocycles. The number of aryl methyl sites for hydroxylation is 2. The van der Waals surface area contributed by atoms with E-state index in [-0.39, 0.29) is 0 Å². The largest absolute Gasteiger partial charge is 0.361 e. The van der Waals surface area contributed by atoms with Crippen LogP contribution < -0.4 is 10.6 Å². The summed E-state index contributed by atoms with van der Waals surface area (Å²) in [6.07, 6.45) is 7.00. The molecule has 0 fully saturated rings. The zero-order valence-electron chi connectivity index (χ0n) is 16.4. The number of aromatic nitrogens is 2. The third kappa shape index (κ3) is 5.32. The molecule has 0 saturated carbocycles. The van der Waals surface area contributed by atoms with E-state index in [0.29, 0.717) is 0 Å². The van der Waals surface area contributed by atoms with E-state index in [1.54, 1.807) is 11.3 Å². The molecule has 3 N–H and O–H groups in total. The van der Waals surface area contributed by atoms with E-state index >= 15 is 0 Å². The van der Waals surface area contributed by atoms with Crippen LogP contribution in [-0.2, 0) is 19.3 Å². The van der Waals surface area contributed by atoms with E-state index in [4.69, 9.17) is 0 Å². The van der Waals surface area contributed by atoms with Crippen molar-refractivity contribution in [2.45, 2.75) is 40.0 Å². The molecular weight excluding hydrogens is 354 g/mol.